The predicted octanol–water partition coefficient (Wildman–Crippen LogP) is 3.48. The summed E-state index contributed by atoms with van der Waals surface area (Å²) in [5, 5.41) is 4.72. The summed E-state index contributed by atoms with van der Waals surface area (Å²) in [6.45, 7) is 8.66. The number of aryl methyl sites for hydroxylation is 1. The molecule has 0 aliphatic heterocycles. The van der Waals surface area contributed by atoms with Crippen LogP contribution < -0.4 is 5.32 Å². The average Bonchev–Trinajstić information content (AvgIpc) is 2.71. The Morgan fingerprint density at radius 1 is 1.42 bits per heavy atom. The van der Waals surface area contributed by atoms with Gasteiger partial charge in [0, 0.05) is 18.5 Å². The Morgan fingerprint density at radius 3 is 2.63 bits per heavy atom. The van der Waals surface area contributed by atoms with Gasteiger partial charge in [0.1, 0.15) is 10.6 Å². The minimum absolute atomic E-state index is 0.0646. The van der Waals surface area contributed by atoms with Crippen molar-refractivity contribution in [1.29, 1.82) is 0 Å². The maximum absolute atomic E-state index is 5.74. The van der Waals surface area contributed by atoms with E-state index in [4.69, 9.17) is 9.72 Å². The molecule has 0 radical (unpaired) electrons. The van der Waals surface area contributed by atoms with Gasteiger partial charge in [-0.15, -0.1) is 11.3 Å². The SMILES string of the molecule is CCc1nc(C2(OC)CCC2)sc1CNCC(C)C. The molecule has 2 rings (SSSR count). The highest BCUT2D eigenvalue weighted by Crippen LogP contribution is 2.46. The van der Waals surface area contributed by atoms with Gasteiger partial charge in [0.25, 0.3) is 0 Å². The van der Waals surface area contributed by atoms with Crippen LogP contribution in [0.25, 0.3) is 0 Å². The highest BCUT2D eigenvalue weighted by Gasteiger charge is 2.42. The van der Waals surface area contributed by atoms with Gasteiger partial charge in [0.05, 0.1) is 5.69 Å². The maximum Gasteiger partial charge on any atom is 0.125 e. The lowest BCUT2D eigenvalue weighted by Gasteiger charge is -2.38. The third kappa shape index (κ3) is 3.18. The summed E-state index contributed by atoms with van der Waals surface area (Å²) in [5.41, 5.74) is 1.19. The van der Waals surface area contributed by atoms with Crippen LogP contribution in [0, 0.1) is 5.92 Å². The Kier molecular flexibility index (Phi) is 4.98. The zero-order chi connectivity index (χ0) is 13.9. The van der Waals surface area contributed by atoms with Crippen LogP contribution in [0.4, 0.5) is 0 Å². The molecular formula is C15H26N2OS. The molecule has 3 nitrogen and oxygen atoms in total. The summed E-state index contributed by atoms with van der Waals surface area (Å²) in [5.74, 6) is 0.689. The molecule has 0 unspecified atom stereocenters. The van der Waals surface area contributed by atoms with Crippen LogP contribution in [0.5, 0.6) is 0 Å². The lowest BCUT2D eigenvalue weighted by atomic mass is 9.80. The molecule has 0 amide bonds. The Balaban J connectivity index is 2.08. The molecule has 1 N–H and O–H groups in total. The van der Waals surface area contributed by atoms with E-state index in [1.54, 1.807) is 0 Å². The fourth-order valence-corrected chi connectivity index (χ4v) is 3.81. The second-order valence-electron chi connectivity index (χ2n) is 5.82. The number of nitrogens with one attached hydrogen (secondary N) is 1. The van der Waals surface area contributed by atoms with Crippen molar-refractivity contribution in [2.24, 2.45) is 5.92 Å². The first kappa shape index (κ1) is 14.9. The standard InChI is InChI=1S/C15H26N2OS/c1-5-12-13(10-16-9-11(2)3)19-14(17-12)15(18-4)7-6-8-15/h11,16H,5-10H2,1-4H3. The van der Waals surface area contributed by atoms with Gasteiger partial charge in [0.2, 0.25) is 0 Å². The number of hydrogen-bond donors (Lipinski definition) is 1. The van der Waals surface area contributed by atoms with E-state index in [1.165, 1.54) is 22.0 Å². The summed E-state index contributed by atoms with van der Waals surface area (Å²) in [6, 6.07) is 0. The monoisotopic (exact) mass is 282 g/mol. The van der Waals surface area contributed by atoms with E-state index in [2.05, 4.69) is 26.1 Å². The van der Waals surface area contributed by atoms with Crippen molar-refractivity contribution in [3.05, 3.63) is 15.6 Å². The van der Waals surface area contributed by atoms with Crippen molar-refractivity contribution in [3.8, 4) is 0 Å². The number of rotatable bonds is 7. The lowest BCUT2D eigenvalue weighted by molar-refractivity contribution is -0.0780. The molecule has 4 heteroatoms. The average molecular weight is 282 g/mol. The van der Waals surface area contributed by atoms with Gasteiger partial charge in [-0.05, 0) is 38.1 Å². The van der Waals surface area contributed by atoms with Gasteiger partial charge in [-0.3, -0.25) is 0 Å². The largest absolute Gasteiger partial charge is 0.371 e. The topological polar surface area (TPSA) is 34.1 Å². The van der Waals surface area contributed by atoms with Gasteiger partial charge in [-0.2, -0.15) is 0 Å². The van der Waals surface area contributed by atoms with Crippen molar-refractivity contribution < 1.29 is 4.74 Å². The minimum Gasteiger partial charge on any atom is -0.371 e. The van der Waals surface area contributed by atoms with E-state index in [-0.39, 0.29) is 5.60 Å². The molecule has 0 bridgehead atoms. The van der Waals surface area contributed by atoms with E-state index in [9.17, 15) is 0 Å². The number of ether oxygens (including phenoxy) is 1. The first-order valence-corrected chi connectivity index (χ1v) is 8.18. The highest BCUT2D eigenvalue weighted by atomic mass is 32.1. The third-order valence-electron chi connectivity index (χ3n) is 3.89. The lowest BCUT2D eigenvalue weighted by Crippen LogP contribution is -2.35. The molecule has 1 fully saturated rings. The molecule has 0 saturated heterocycles. The van der Waals surface area contributed by atoms with E-state index < -0.39 is 0 Å². The zero-order valence-corrected chi connectivity index (χ0v) is 13.4. The van der Waals surface area contributed by atoms with Crippen LogP contribution >= 0.6 is 11.3 Å². The fraction of sp³-hybridized carbons (Fsp3) is 0.800. The van der Waals surface area contributed by atoms with Crippen molar-refractivity contribution in [1.82, 2.24) is 10.3 Å². The summed E-state index contributed by atoms with van der Waals surface area (Å²) >= 11 is 1.84. The summed E-state index contributed by atoms with van der Waals surface area (Å²) < 4.78 is 5.74. The molecular weight excluding hydrogens is 256 g/mol. The number of hydrogen-bond acceptors (Lipinski definition) is 4. The fourth-order valence-electron chi connectivity index (χ4n) is 2.47. The molecule has 1 heterocycles. The second kappa shape index (κ2) is 6.33. The van der Waals surface area contributed by atoms with Gasteiger partial charge in [-0.1, -0.05) is 20.8 Å². The van der Waals surface area contributed by atoms with Crippen LogP contribution in [0.2, 0.25) is 0 Å². The molecule has 108 valence electrons. The number of aromatic nitrogens is 1. The van der Waals surface area contributed by atoms with Crippen molar-refractivity contribution in [2.45, 2.75) is 58.6 Å². The molecule has 1 aromatic heterocycles. The Bertz CT molecular complexity index is 405. The summed E-state index contributed by atoms with van der Waals surface area (Å²) in [7, 11) is 1.82. The molecule has 0 atom stereocenters. The summed E-state index contributed by atoms with van der Waals surface area (Å²) in [4.78, 5) is 6.24. The van der Waals surface area contributed by atoms with Crippen molar-refractivity contribution >= 4 is 11.3 Å². The van der Waals surface area contributed by atoms with Crippen LogP contribution in [-0.2, 0) is 23.3 Å². The number of thiazole rings is 1. The minimum atomic E-state index is -0.0646. The molecule has 19 heavy (non-hydrogen) atoms. The molecule has 1 saturated carbocycles. The molecule has 0 spiro atoms. The van der Waals surface area contributed by atoms with Crippen molar-refractivity contribution in [3.63, 3.8) is 0 Å². The van der Waals surface area contributed by atoms with E-state index in [0.29, 0.717) is 5.92 Å². The highest BCUT2D eigenvalue weighted by molar-refractivity contribution is 7.11. The van der Waals surface area contributed by atoms with Crippen molar-refractivity contribution in [2.75, 3.05) is 13.7 Å². The Labute approximate surface area is 120 Å². The predicted molar refractivity (Wildman–Crippen MR) is 80.6 cm³/mol. The molecule has 0 aromatic carbocycles. The molecule has 1 aliphatic carbocycles. The first-order chi connectivity index (χ1) is 9.11. The molecule has 1 aliphatic rings. The van der Waals surface area contributed by atoms with E-state index >= 15 is 0 Å². The maximum atomic E-state index is 5.74. The van der Waals surface area contributed by atoms with Gasteiger partial charge < -0.3 is 10.1 Å². The Morgan fingerprint density at radius 2 is 2.16 bits per heavy atom. The third-order valence-corrected chi connectivity index (χ3v) is 5.18. The van der Waals surface area contributed by atoms with Crippen LogP contribution in [0.1, 0.15) is 55.6 Å². The first-order valence-electron chi connectivity index (χ1n) is 7.36. The van der Waals surface area contributed by atoms with E-state index in [1.807, 2.05) is 18.4 Å². The summed E-state index contributed by atoms with van der Waals surface area (Å²) in [6.07, 6.45) is 4.52. The van der Waals surface area contributed by atoms with E-state index in [0.717, 1.165) is 32.4 Å². The zero-order valence-electron chi connectivity index (χ0n) is 12.6. The van der Waals surface area contributed by atoms with Gasteiger partial charge in [-0.25, -0.2) is 4.98 Å². The number of nitrogens with zero attached hydrogens (tertiary/aromatic N) is 1. The smallest absolute Gasteiger partial charge is 0.125 e. The normalized spacial score (nSPS) is 17.7. The Hall–Kier alpha value is -0.450. The van der Waals surface area contributed by atoms with Gasteiger partial charge >= 0.3 is 0 Å². The van der Waals surface area contributed by atoms with Crippen LogP contribution in [-0.4, -0.2) is 18.6 Å². The molecule has 1 aromatic rings. The number of methoxy groups -OCH3 is 1. The van der Waals surface area contributed by atoms with Crippen LogP contribution in [0.15, 0.2) is 0 Å². The van der Waals surface area contributed by atoms with Gasteiger partial charge in [0.15, 0.2) is 0 Å². The second-order valence-corrected chi connectivity index (χ2v) is 6.90. The van der Waals surface area contributed by atoms with Crippen LogP contribution in [0.3, 0.4) is 0 Å². The quantitative estimate of drug-likeness (QED) is 0.831.